The van der Waals surface area contributed by atoms with E-state index in [0.29, 0.717) is 21.5 Å². The van der Waals surface area contributed by atoms with Crippen molar-refractivity contribution in [2.75, 3.05) is 5.32 Å². The first-order valence-electron chi connectivity index (χ1n) is 6.32. The molecule has 0 saturated heterocycles. The van der Waals surface area contributed by atoms with Crippen molar-refractivity contribution in [1.82, 2.24) is 4.98 Å². The fraction of sp³-hybridized carbons (Fsp3) is 0.200. The number of benzene rings is 1. The molecule has 3 nitrogen and oxygen atoms in total. The Morgan fingerprint density at radius 2 is 2.15 bits per heavy atom. The number of nitriles is 1. The normalized spacial score (nSPS) is 12.8. The Kier molecular flexibility index (Phi) is 3.41. The summed E-state index contributed by atoms with van der Waals surface area (Å²) >= 11 is 3.14. The first-order valence-corrected chi connectivity index (χ1v) is 7.11. The third kappa shape index (κ3) is 2.39. The highest BCUT2D eigenvalue weighted by atomic mass is 79.9. The van der Waals surface area contributed by atoms with Crippen molar-refractivity contribution in [2.45, 2.75) is 19.3 Å². The first kappa shape index (κ1) is 13.1. The number of rotatable bonds is 2. The minimum Gasteiger partial charge on any atom is -0.339 e. The molecule has 1 aliphatic rings. The summed E-state index contributed by atoms with van der Waals surface area (Å²) in [6.07, 6.45) is 3.01. The van der Waals surface area contributed by atoms with Gasteiger partial charge in [0.25, 0.3) is 0 Å². The number of anilines is 2. The van der Waals surface area contributed by atoms with Crippen LogP contribution in [0, 0.1) is 17.1 Å². The lowest BCUT2D eigenvalue weighted by atomic mass is 10.1. The van der Waals surface area contributed by atoms with Gasteiger partial charge in [0.2, 0.25) is 0 Å². The van der Waals surface area contributed by atoms with Gasteiger partial charge in [-0.15, -0.1) is 0 Å². The number of fused-ring (bicyclic) bond motifs is 1. The second kappa shape index (κ2) is 5.22. The van der Waals surface area contributed by atoms with E-state index in [4.69, 9.17) is 0 Å². The van der Waals surface area contributed by atoms with Crippen molar-refractivity contribution in [3.63, 3.8) is 0 Å². The second-order valence-corrected chi connectivity index (χ2v) is 5.56. The van der Waals surface area contributed by atoms with E-state index in [0.717, 1.165) is 30.5 Å². The number of aromatic nitrogens is 1. The van der Waals surface area contributed by atoms with E-state index in [1.165, 1.54) is 6.07 Å². The molecule has 0 aliphatic heterocycles. The van der Waals surface area contributed by atoms with Gasteiger partial charge in [-0.2, -0.15) is 5.26 Å². The molecule has 0 amide bonds. The maximum absolute atomic E-state index is 13.2. The largest absolute Gasteiger partial charge is 0.339 e. The highest BCUT2D eigenvalue weighted by Gasteiger charge is 2.16. The van der Waals surface area contributed by atoms with Crippen molar-refractivity contribution in [3.05, 3.63) is 51.4 Å². The fourth-order valence-electron chi connectivity index (χ4n) is 2.36. The third-order valence-corrected chi connectivity index (χ3v) is 3.96. The van der Waals surface area contributed by atoms with Gasteiger partial charge in [-0.25, -0.2) is 9.37 Å². The number of halogens is 2. The molecule has 2 aromatic rings. The lowest BCUT2D eigenvalue weighted by Gasteiger charge is -2.10. The molecule has 1 N–H and O–H groups in total. The van der Waals surface area contributed by atoms with E-state index < -0.39 is 0 Å². The summed E-state index contributed by atoms with van der Waals surface area (Å²) in [6, 6.07) is 8.68. The average Bonchev–Trinajstić information content (AvgIpc) is 2.89. The minimum absolute atomic E-state index is 0.321. The quantitative estimate of drug-likeness (QED) is 0.901. The summed E-state index contributed by atoms with van der Waals surface area (Å²) in [7, 11) is 0. The molecule has 3 rings (SSSR count). The number of nitrogens with zero attached hydrogens (tertiary/aromatic N) is 2. The maximum atomic E-state index is 13.2. The number of aryl methyl sites for hydroxylation is 2. The predicted molar refractivity (Wildman–Crippen MR) is 78.4 cm³/mol. The summed E-state index contributed by atoms with van der Waals surface area (Å²) in [5, 5.41) is 12.3. The molecule has 1 heterocycles. The van der Waals surface area contributed by atoms with Crippen LogP contribution in [0.1, 0.15) is 23.2 Å². The van der Waals surface area contributed by atoms with Crippen LogP contribution >= 0.6 is 15.9 Å². The highest BCUT2D eigenvalue weighted by molar-refractivity contribution is 9.10. The predicted octanol–water partition coefficient (Wildman–Crippen LogP) is 4.09. The minimum atomic E-state index is -0.321. The summed E-state index contributed by atoms with van der Waals surface area (Å²) in [4.78, 5) is 4.53. The molecule has 1 aromatic heterocycles. The zero-order valence-electron chi connectivity index (χ0n) is 10.6. The average molecular weight is 332 g/mol. The molecule has 20 heavy (non-hydrogen) atoms. The lowest BCUT2D eigenvalue weighted by molar-refractivity contribution is 0.621. The number of nitrogens with one attached hydrogen (secondary N) is 1. The van der Waals surface area contributed by atoms with E-state index in [1.54, 1.807) is 12.1 Å². The van der Waals surface area contributed by atoms with Gasteiger partial charge in [-0.3, -0.25) is 0 Å². The van der Waals surface area contributed by atoms with E-state index in [1.807, 2.05) is 6.07 Å². The van der Waals surface area contributed by atoms with Gasteiger partial charge < -0.3 is 5.32 Å². The summed E-state index contributed by atoms with van der Waals surface area (Å²) < 4.78 is 13.6. The van der Waals surface area contributed by atoms with Crippen LogP contribution in [0.2, 0.25) is 0 Å². The summed E-state index contributed by atoms with van der Waals surface area (Å²) in [5.41, 5.74) is 3.42. The van der Waals surface area contributed by atoms with Crippen LogP contribution in [0.15, 0.2) is 28.7 Å². The highest BCUT2D eigenvalue weighted by Crippen LogP contribution is 2.28. The SMILES string of the molecule is N#Cc1cc2c(nc1Nc1ccc(F)c(Br)c1)CCC2. The van der Waals surface area contributed by atoms with Crippen LogP contribution in [0.4, 0.5) is 15.9 Å². The van der Waals surface area contributed by atoms with Gasteiger partial charge >= 0.3 is 0 Å². The Morgan fingerprint density at radius 1 is 1.30 bits per heavy atom. The molecule has 0 atom stereocenters. The summed E-state index contributed by atoms with van der Waals surface area (Å²) in [5.74, 6) is 0.213. The van der Waals surface area contributed by atoms with E-state index in [-0.39, 0.29) is 5.82 Å². The molecule has 5 heteroatoms. The van der Waals surface area contributed by atoms with Gasteiger partial charge in [-0.05, 0) is 65.0 Å². The van der Waals surface area contributed by atoms with Crippen molar-refractivity contribution in [2.24, 2.45) is 0 Å². The Hall–Kier alpha value is -1.93. The van der Waals surface area contributed by atoms with Gasteiger partial charge in [0.1, 0.15) is 17.7 Å². The molecular weight excluding hydrogens is 321 g/mol. The smallest absolute Gasteiger partial charge is 0.148 e. The molecule has 0 spiro atoms. The van der Waals surface area contributed by atoms with Crippen LogP contribution in [0.5, 0.6) is 0 Å². The van der Waals surface area contributed by atoms with Gasteiger partial charge in [0.15, 0.2) is 0 Å². The van der Waals surface area contributed by atoms with Crippen molar-refractivity contribution >= 4 is 27.4 Å². The molecule has 0 fully saturated rings. The fourth-order valence-corrected chi connectivity index (χ4v) is 2.74. The molecular formula is C15H11BrFN3. The number of pyridine rings is 1. The van der Waals surface area contributed by atoms with Crippen molar-refractivity contribution in [3.8, 4) is 6.07 Å². The van der Waals surface area contributed by atoms with Crippen LogP contribution < -0.4 is 5.32 Å². The van der Waals surface area contributed by atoms with Gasteiger partial charge in [-0.1, -0.05) is 0 Å². The molecule has 0 radical (unpaired) electrons. The van der Waals surface area contributed by atoms with E-state index in [2.05, 4.69) is 32.3 Å². The molecule has 0 bridgehead atoms. The van der Waals surface area contributed by atoms with E-state index in [9.17, 15) is 9.65 Å². The summed E-state index contributed by atoms with van der Waals surface area (Å²) in [6.45, 7) is 0. The Morgan fingerprint density at radius 3 is 2.90 bits per heavy atom. The van der Waals surface area contributed by atoms with Crippen LogP contribution in [0.25, 0.3) is 0 Å². The number of hydrogen-bond acceptors (Lipinski definition) is 3. The monoisotopic (exact) mass is 331 g/mol. The van der Waals surface area contributed by atoms with Gasteiger partial charge in [0, 0.05) is 11.4 Å². The lowest BCUT2D eigenvalue weighted by Crippen LogP contribution is -2.01. The van der Waals surface area contributed by atoms with Crippen molar-refractivity contribution in [1.29, 1.82) is 5.26 Å². The Labute approximate surface area is 124 Å². The maximum Gasteiger partial charge on any atom is 0.148 e. The number of hydrogen-bond donors (Lipinski definition) is 1. The zero-order valence-corrected chi connectivity index (χ0v) is 12.2. The first-order chi connectivity index (χ1) is 9.67. The molecule has 0 saturated carbocycles. The molecule has 1 aliphatic carbocycles. The van der Waals surface area contributed by atoms with Crippen molar-refractivity contribution < 1.29 is 4.39 Å². The topological polar surface area (TPSA) is 48.7 Å². The van der Waals surface area contributed by atoms with Crippen LogP contribution in [-0.2, 0) is 12.8 Å². The van der Waals surface area contributed by atoms with Crippen LogP contribution in [0.3, 0.4) is 0 Å². The standard InChI is InChI=1S/C15H11BrFN3/c16-12-7-11(4-5-13(12)17)19-15-10(8-18)6-9-2-1-3-14(9)20-15/h4-7H,1-3H2,(H,19,20). The van der Waals surface area contributed by atoms with E-state index >= 15 is 0 Å². The van der Waals surface area contributed by atoms with Gasteiger partial charge in [0.05, 0.1) is 10.0 Å². The molecule has 100 valence electrons. The molecule has 0 unspecified atom stereocenters. The molecule has 1 aromatic carbocycles. The Balaban J connectivity index is 1.98. The zero-order chi connectivity index (χ0) is 14.1. The third-order valence-electron chi connectivity index (χ3n) is 3.35. The second-order valence-electron chi connectivity index (χ2n) is 4.71. The van der Waals surface area contributed by atoms with Crippen LogP contribution in [-0.4, -0.2) is 4.98 Å². The Bertz CT molecular complexity index is 722.